The number of carbonyl (C=O) groups is 2. The monoisotopic (exact) mass is 352 g/mol. The van der Waals surface area contributed by atoms with Gasteiger partial charge in [-0.25, -0.2) is 0 Å². The van der Waals surface area contributed by atoms with Crippen molar-refractivity contribution in [3.63, 3.8) is 0 Å². The van der Waals surface area contributed by atoms with E-state index in [-0.39, 0.29) is 17.7 Å². The summed E-state index contributed by atoms with van der Waals surface area (Å²) < 4.78 is 0. The molecule has 1 aromatic carbocycles. The van der Waals surface area contributed by atoms with Crippen molar-refractivity contribution in [2.75, 3.05) is 11.9 Å². The van der Waals surface area contributed by atoms with Crippen molar-refractivity contribution in [3.8, 4) is 0 Å². The van der Waals surface area contributed by atoms with E-state index in [4.69, 9.17) is 5.73 Å². The summed E-state index contributed by atoms with van der Waals surface area (Å²) in [6.07, 6.45) is 6.27. The minimum absolute atomic E-state index is 0.0320. The molecule has 0 unspecified atom stereocenters. The molecule has 6 heteroatoms. The first-order chi connectivity index (χ1) is 12.7. The van der Waals surface area contributed by atoms with Gasteiger partial charge < -0.3 is 16.4 Å². The predicted molar refractivity (Wildman–Crippen MR) is 100 cm³/mol. The van der Waals surface area contributed by atoms with Crippen LogP contribution in [0.3, 0.4) is 0 Å². The Morgan fingerprint density at radius 3 is 2.65 bits per heavy atom. The molecule has 136 valence electrons. The summed E-state index contributed by atoms with van der Waals surface area (Å²) in [5.74, 6) is 0.222. The number of amides is 2. The Balaban J connectivity index is 1.53. The minimum atomic E-state index is -0.190. The number of rotatable bonds is 6. The summed E-state index contributed by atoms with van der Waals surface area (Å²) in [4.78, 5) is 28.5. The van der Waals surface area contributed by atoms with Gasteiger partial charge in [-0.05, 0) is 55.1 Å². The fourth-order valence-corrected chi connectivity index (χ4v) is 3.40. The lowest BCUT2D eigenvalue weighted by Crippen LogP contribution is -2.34. The quantitative estimate of drug-likeness (QED) is 0.743. The van der Waals surface area contributed by atoms with Gasteiger partial charge in [-0.3, -0.25) is 14.6 Å². The van der Waals surface area contributed by atoms with Gasteiger partial charge in [0.05, 0.1) is 11.9 Å². The molecule has 3 rings (SSSR count). The second-order valence-corrected chi connectivity index (χ2v) is 6.64. The van der Waals surface area contributed by atoms with E-state index in [9.17, 15) is 9.59 Å². The van der Waals surface area contributed by atoms with Crippen molar-refractivity contribution >= 4 is 17.5 Å². The second-order valence-electron chi connectivity index (χ2n) is 6.64. The Morgan fingerprint density at radius 1 is 1.15 bits per heavy atom. The van der Waals surface area contributed by atoms with Crippen molar-refractivity contribution in [1.29, 1.82) is 0 Å². The molecule has 1 fully saturated rings. The minimum Gasteiger partial charge on any atom is -0.352 e. The lowest BCUT2D eigenvalue weighted by atomic mass is 9.95. The number of nitrogens with two attached hydrogens (primary N) is 1. The molecular weight excluding hydrogens is 328 g/mol. The normalized spacial score (nSPS) is 19.1. The molecule has 6 nitrogen and oxygen atoms in total. The van der Waals surface area contributed by atoms with Gasteiger partial charge in [0.15, 0.2) is 0 Å². The molecule has 0 bridgehead atoms. The van der Waals surface area contributed by atoms with Gasteiger partial charge in [0.1, 0.15) is 0 Å². The van der Waals surface area contributed by atoms with Crippen LogP contribution >= 0.6 is 0 Å². The number of nitrogens with one attached hydrogen (secondary N) is 2. The van der Waals surface area contributed by atoms with Crippen LogP contribution in [0.1, 0.15) is 35.2 Å². The molecule has 2 atom stereocenters. The number of pyridine rings is 1. The molecule has 0 spiro atoms. The molecule has 1 aliphatic rings. The predicted octanol–water partition coefficient (Wildman–Crippen LogP) is 2.33. The van der Waals surface area contributed by atoms with Gasteiger partial charge in [-0.2, -0.15) is 0 Å². The third-order valence-electron chi connectivity index (χ3n) is 4.90. The van der Waals surface area contributed by atoms with Crippen molar-refractivity contribution in [3.05, 3.63) is 59.9 Å². The van der Waals surface area contributed by atoms with E-state index in [0.29, 0.717) is 30.3 Å². The summed E-state index contributed by atoms with van der Waals surface area (Å²) in [6, 6.07) is 10.8. The van der Waals surface area contributed by atoms with Gasteiger partial charge >= 0.3 is 0 Å². The molecule has 26 heavy (non-hydrogen) atoms. The molecular formula is C20H24N4O2. The van der Waals surface area contributed by atoms with E-state index in [1.54, 1.807) is 36.7 Å². The molecule has 0 aliphatic heterocycles. The number of nitrogens with zero attached hydrogens (tertiary/aromatic N) is 1. The maximum Gasteiger partial charge on any atom is 0.255 e. The van der Waals surface area contributed by atoms with E-state index in [2.05, 4.69) is 15.6 Å². The van der Waals surface area contributed by atoms with Gasteiger partial charge in [-0.15, -0.1) is 0 Å². The van der Waals surface area contributed by atoms with Crippen LogP contribution in [0.5, 0.6) is 0 Å². The van der Waals surface area contributed by atoms with Crippen LogP contribution in [-0.4, -0.2) is 23.3 Å². The lowest BCUT2D eigenvalue weighted by Gasteiger charge is -2.17. The van der Waals surface area contributed by atoms with Crippen molar-refractivity contribution in [1.82, 2.24) is 10.3 Å². The van der Waals surface area contributed by atoms with E-state index in [0.717, 1.165) is 24.8 Å². The molecule has 1 aromatic heterocycles. The Bertz CT molecular complexity index is 746. The summed E-state index contributed by atoms with van der Waals surface area (Å²) in [5.41, 5.74) is 7.92. The van der Waals surface area contributed by atoms with Gasteiger partial charge in [0.25, 0.3) is 5.91 Å². The fraction of sp³-hybridized carbons (Fsp3) is 0.350. The van der Waals surface area contributed by atoms with Crippen LogP contribution in [0, 0.1) is 11.8 Å². The maximum absolute atomic E-state index is 12.3. The summed E-state index contributed by atoms with van der Waals surface area (Å²) in [7, 11) is 0. The molecule has 4 N–H and O–H groups in total. The largest absolute Gasteiger partial charge is 0.352 e. The smallest absolute Gasteiger partial charge is 0.255 e. The molecule has 1 heterocycles. The third kappa shape index (κ3) is 4.46. The van der Waals surface area contributed by atoms with Crippen LogP contribution in [0.2, 0.25) is 0 Å². The highest BCUT2D eigenvalue weighted by Gasteiger charge is 2.31. The number of anilines is 1. The Kier molecular flexibility index (Phi) is 5.96. The summed E-state index contributed by atoms with van der Waals surface area (Å²) in [5, 5.41) is 5.78. The van der Waals surface area contributed by atoms with Crippen LogP contribution in [0.25, 0.3) is 0 Å². The Labute approximate surface area is 153 Å². The lowest BCUT2D eigenvalue weighted by molar-refractivity contribution is -0.126. The Morgan fingerprint density at radius 2 is 1.96 bits per heavy atom. The summed E-state index contributed by atoms with van der Waals surface area (Å²) >= 11 is 0. The van der Waals surface area contributed by atoms with E-state index in [1.165, 1.54) is 0 Å². The molecule has 2 aromatic rings. The highest BCUT2D eigenvalue weighted by atomic mass is 16.2. The first kappa shape index (κ1) is 18.1. The average molecular weight is 352 g/mol. The molecule has 0 saturated heterocycles. The number of hydrogen-bond donors (Lipinski definition) is 3. The third-order valence-corrected chi connectivity index (χ3v) is 4.90. The SMILES string of the molecule is NC[C@H]1CCC[C@H]1C(=O)NCc1ccc(C(=O)Nc2cccnc2)cc1. The first-order valence-corrected chi connectivity index (χ1v) is 8.95. The molecule has 0 radical (unpaired) electrons. The highest BCUT2D eigenvalue weighted by Crippen LogP contribution is 2.30. The van der Waals surface area contributed by atoms with E-state index >= 15 is 0 Å². The van der Waals surface area contributed by atoms with Crippen molar-refractivity contribution < 1.29 is 9.59 Å². The number of aromatic nitrogens is 1. The maximum atomic E-state index is 12.3. The van der Waals surface area contributed by atoms with E-state index in [1.807, 2.05) is 12.1 Å². The van der Waals surface area contributed by atoms with Crippen LogP contribution < -0.4 is 16.4 Å². The van der Waals surface area contributed by atoms with Crippen LogP contribution in [0.15, 0.2) is 48.8 Å². The molecule has 2 amide bonds. The van der Waals surface area contributed by atoms with Crippen molar-refractivity contribution in [2.45, 2.75) is 25.8 Å². The van der Waals surface area contributed by atoms with Gasteiger partial charge in [0.2, 0.25) is 5.91 Å². The Hall–Kier alpha value is -2.73. The highest BCUT2D eigenvalue weighted by molar-refractivity contribution is 6.04. The zero-order valence-corrected chi connectivity index (χ0v) is 14.7. The van der Waals surface area contributed by atoms with Crippen molar-refractivity contribution in [2.24, 2.45) is 17.6 Å². The van der Waals surface area contributed by atoms with Gasteiger partial charge in [0, 0.05) is 24.2 Å². The topological polar surface area (TPSA) is 97.1 Å². The number of benzene rings is 1. The standard InChI is InChI=1S/C20H24N4O2/c21-11-16-3-1-5-18(16)20(26)23-12-14-6-8-15(9-7-14)19(25)24-17-4-2-10-22-13-17/h2,4,6-10,13,16,18H,1,3,5,11-12,21H2,(H,23,26)(H,24,25)/t16-,18-/m1/s1. The number of hydrogen-bond acceptors (Lipinski definition) is 4. The van der Waals surface area contributed by atoms with Crippen LogP contribution in [0.4, 0.5) is 5.69 Å². The molecule has 1 saturated carbocycles. The zero-order valence-electron chi connectivity index (χ0n) is 14.7. The number of carbonyl (C=O) groups excluding carboxylic acids is 2. The summed E-state index contributed by atoms with van der Waals surface area (Å²) in [6.45, 7) is 1.02. The van der Waals surface area contributed by atoms with Crippen LogP contribution in [-0.2, 0) is 11.3 Å². The molecule has 1 aliphatic carbocycles. The fourth-order valence-electron chi connectivity index (χ4n) is 3.40. The van der Waals surface area contributed by atoms with Gasteiger partial charge in [-0.1, -0.05) is 18.6 Å². The first-order valence-electron chi connectivity index (χ1n) is 8.95. The zero-order chi connectivity index (χ0) is 18.4. The second kappa shape index (κ2) is 8.58. The average Bonchev–Trinajstić information content (AvgIpc) is 3.16. The van der Waals surface area contributed by atoms with E-state index < -0.39 is 0 Å².